The molecule has 0 fully saturated rings. The Kier molecular flexibility index (Phi) is 11.3. The van der Waals surface area contributed by atoms with E-state index in [2.05, 4.69) is 30.5 Å². The van der Waals surface area contributed by atoms with E-state index in [1.165, 1.54) is 29.7 Å². The average molecular weight is 769 g/mol. The molecule has 0 radical (unpaired) electrons. The second-order valence-corrected chi connectivity index (χ2v) is 13.4. The number of nitrogens with one attached hydrogen (secondary N) is 1. The van der Waals surface area contributed by atoms with Gasteiger partial charge in [-0.1, -0.05) is 23.5 Å². The first-order valence-electron chi connectivity index (χ1n) is 17.4. The van der Waals surface area contributed by atoms with Gasteiger partial charge in [0, 0.05) is 51.0 Å². The number of benzene rings is 1. The number of aryl methyl sites for hydroxylation is 4. The zero-order chi connectivity index (χ0) is 39.4. The number of rotatable bonds is 15. The van der Waals surface area contributed by atoms with Gasteiger partial charge in [0.05, 0.1) is 28.3 Å². The van der Waals surface area contributed by atoms with Gasteiger partial charge in [0.25, 0.3) is 11.8 Å². The molecule has 4 amide bonds. The van der Waals surface area contributed by atoms with E-state index < -0.39 is 23.6 Å². The maximum atomic E-state index is 13.6. The first kappa shape index (κ1) is 38.3. The number of fused-ring (bicyclic) bond motifs is 2. The van der Waals surface area contributed by atoms with Crippen molar-refractivity contribution in [1.29, 1.82) is 0 Å². The summed E-state index contributed by atoms with van der Waals surface area (Å²) in [6.45, 7) is 8.72. The van der Waals surface area contributed by atoms with Gasteiger partial charge in [-0.25, -0.2) is 9.97 Å². The highest BCUT2D eigenvalue weighted by Crippen LogP contribution is 2.30. The predicted octanol–water partition coefficient (Wildman–Crippen LogP) is 2.71. The van der Waals surface area contributed by atoms with Crippen molar-refractivity contribution in [1.82, 2.24) is 38.7 Å². The Bertz CT molecular complexity index is 2550. The van der Waals surface area contributed by atoms with E-state index >= 15 is 0 Å². The highest BCUT2D eigenvalue weighted by molar-refractivity contribution is 7.16. The number of nitrogens with two attached hydrogens (primary N) is 2. The zero-order valence-electron chi connectivity index (χ0n) is 30.6. The number of carbonyl (C=O) groups is 4. The Hall–Kier alpha value is -6.47. The van der Waals surface area contributed by atoms with Crippen LogP contribution in [0.2, 0.25) is 0 Å². The number of anilines is 1. The zero-order valence-corrected chi connectivity index (χ0v) is 31.5. The standard InChI is InChI=1S/C36H40N12O6S/c1-5-47-25(14-20(3)43-47)33(52)41-35-40-24-16-23(31(38)51)19-39-32(24)46(35)11-8-7-10-45-29-27(54-13-9-12-49)17-22(30(37)50)18-28(29)55-36(45)42-34(53)26-15-21(4)44-48(26)6-2/h7-8,14-19,49H,5-6,9-13H2,1-4H3,(H2,37,50)(H2,38,51)(H,40,41,52)/b8-7+,42-36-. The quantitative estimate of drug-likeness (QED) is 0.0879. The van der Waals surface area contributed by atoms with Gasteiger partial charge in [0.15, 0.2) is 10.4 Å². The number of hydrogen-bond donors (Lipinski definition) is 4. The van der Waals surface area contributed by atoms with Crippen molar-refractivity contribution in [2.24, 2.45) is 16.5 Å². The summed E-state index contributed by atoms with van der Waals surface area (Å²) >= 11 is 1.18. The van der Waals surface area contributed by atoms with Crippen molar-refractivity contribution in [3.8, 4) is 5.75 Å². The molecular formula is C36H40N12O6S. The van der Waals surface area contributed by atoms with Gasteiger partial charge in [0.1, 0.15) is 28.2 Å². The summed E-state index contributed by atoms with van der Waals surface area (Å²) in [4.78, 5) is 65.1. The van der Waals surface area contributed by atoms with Crippen LogP contribution in [0.3, 0.4) is 0 Å². The number of allylic oxidation sites excluding steroid dienone is 2. The second kappa shape index (κ2) is 16.3. The largest absolute Gasteiger partial charge is 0.491 e. The molecule has 18 nitrogen and oxygen atoms in total. The molecule has 6 N–H and O–H groups in total. The molecule has 5 aromatic heterocycles. The first-order chi connectivity index (χ1) is 26.4. The molecule has 6 rings (SSSR count). The lowest BCUT2D eigenvalue weighted by Gasteiger charge is -2.11. The van der Waals surface area contributed by atoms with Crippen molar-refractivity contribution < 1.29 is 29.0 Å². The van der Waals surface area contributed by atoms with Crippen LogP contribution in [0.15, 0.2) is 53.7 Å². The van der Waals surface area contributed by atoms with E-state index in [1.54, 1.807) is 50.5 Å². The van der Waals surface area contributed by atoms with Crippen LogP contribution < -0.4 is 26.3 Å². The van der Waals surface area contributed by atoms with E-state index in [0.29, 0.717) is 74.2 Å². The van der Waals surface area contributed by atoms with Gasteiger partial charge in [-0.15, -0.1) is 0 Å². The number of primary amides is 2. The number of aliphatic hydroxyl groups is 1. The average Bonchev–Trinajstić information content (AvgIpc) is 3.92. The summed E-state index contributed by atoms with van der Waals surface area (Å²) in [6, 6.07) is 8.00. The van der Waals surface area contributed by atoms with Gasteiger partial charge >= 0.3 is 0 Å². The molecule has 6 aromatic rings. The Morgan fingerprint density at radius 2 is 1.56 bits per heavy atom. The number of amides is 4. The molecule has 0 saturated heterocycles. The summed E-state index contributed by atoms with van der Waals surface area (Å²) < 4.78 is 13.3. The van der Waals surface area contributed by atoms with Crippen LogP contribution in [-0.2, 0) is 26.2 Å². The fourth-order valence-corrected chi connectivity index (χ4v) is 7.03. The summed E-state index contributed by atoms with van der Waals surface area (Å²) in [5, 5.41) is 21.0. The molecule has 0 saturated carbocycles. The third-order valence-electron chi connectivity index (χ3n) is 8.48. The second-order valence-electron chi connectivity index (χ2n) is 12.4. The van der Waals surface area contributed by atoms with E-state index in [-0.39, 0.29) is 43.4 Å². The van der Waals surface area contributed by atoms with Crippen LogP contribution >= 0.6 is 11.3 Å². The van der Waals surface area contributed by atoms with Gasteiger partial charge in [0.2, 0.25) is 17.8 Å². The van der Waals surface area contributed by atoms with Gasteiger partial charge < -0.3 is 25.9 Å². The fraction of sp³-hybridized carbons (Fsp3) is 0.306. The number of aromatic nitrogens is 8. The molecule has 0 aliphatic heterocycles. The SMILES string of the molecule is CCn1nc(C)cc1C(=O)/N=c1\sc2cc(C(N)=O)cc(OCCCO)c2n1C/C=C/Cn1c(NC(=O)c2cc(C)nn2CC)nc2cc(C(N)=O)cnc21. The lowest BCUT2D eigenvalue weighted by atomic mass is 10.2. The fourth-order valence-electron chi connectivity index (χ4n) is 5.94. The van der Waals surface area contributed by atoms with Crippen molar-refractivity contribution in [3.63, 3.8) is 0 Å². The molecule has 0 bridgehead atoms. The van der Waals surface area contributed by atoms with Crippen LogP contribution in [-0.4, -0.2) is 80.6 Å². The van der Waals surface area contributed by atoms with E-state index in [1.807, 2.05) is 26.0 Å². The molecule has 0 unspecified atom stereocenters. The summed E-state index contributed by atoms with van der Waals surface area (Å²) in [6.07, 6.45) is 5.34. The molecule has 286 valence electrons. The topological polar surface area (TPSA) is 245 Å². The summed E-state index contributed by atoms with van der Waals surface area (Å²) in [5.41, 5.74) is 14.8. The number of imidazole rings is 1. The van der Waals surface area contributed by atoms with Gasteiger partial charge in [-0.2, -0.15) is 15.2 Å². The highest BCUT2D eigenvalue weighted by atomic mass is 32.1. The van der Waals surface area contributed by atoms with Crippen LogP contribution in [0.4, 0.5) is 5.95 Å². The Balaban J connectivity index is 1.41. The molecule has 1 aromatic carbocycles. The highest BCUT2D eigenvalue weighted by Gasteiger charge is 2.21. The first-order valence-corrected chi connectivity index (χ1v) is 18.2. The van der Waals surface area contributed by atoms with E-state index in [0.717, 1.165) is 0 Å². The van der Waals surface area contributed by atoms with Crippen LogP contribution in [0.1, 0.15) is 73.3 Å². The third-order valence-corrected chi connectivity index (χ3v) is 9.50. The number of aliphatic hydroxyl groups excluding tert-OH is 1. The van der Waals surface area contributed by atoms with Crippen molar-refractivity contribution >= 4 is 62.3 Å². The molecular weight excluding hydrogens is 729 g/mol. The molecule has 5 heterocycles. The molecule has 0 atom stereocenters. The Morgan fingerprint density at radius 3 is 2.22 bits per heavy atom. The molecule has 55 heavy (non-hydrogen) atoms. The minimum atomic E-state index is -0.673. The maximum absolute atomic E-state index is 13.6. The summed E-state index contributed by atoms with van der Waals surface area (Å²) in [5.74, 6) is -1.76. The van der Waals surface area contributed by atoms with Crippen LogP contribution in [0.5, 0.6) is 5.75 Å². The van der Waals surface area contributed by atoms with Crippen molar-refractivity contribution in [2.75, 3.05) is 18.5 Å². The number of ether oxygens (including phenoxy) is 1. The molecule has 19 heteroatoms. The van der Waals surface area contributed by atoms with Crippen molar-refractivity contribution in [3.05, 3.63) is 87.4 Å². The number of carbonyl (C=O) groups excluding carboxylic acids is 4. The lowest BCUT2D eigenvalue weighted by molar-refractivity contribution is 0.0982. The normalized spacial score (nSPS) is 12.0. The van der Waals surface area contributed by atoms with E-state index in [4.69, 9.17) is 16.2 Å². The van der Waals surface area contributed by atoms with E-state index in [9.17, 15) is 24.3 Å². The molecule has 0 aliphatic carbocycles. The number of pyridine rings is 1. The Labute approximate surface area is 317 Å². The number of hydrogen-bond acceptors (Lipinski definition) is 11. The number of thiazole rings is 1. The van der Waals surface area contributed by atoms with Crippen LogP contribution in [0, 0.1) is 13.8 Å². The lowest BCUT2D eigenvalue weighted by Crippen LogP contribution is -2.20. The maximum Gasteiger partial charge on any atom is 0.297 e. The molecule has 0 aliphatic rings. The van der Waals surface area contributed by atoms with Crippen molar-refractivity contribution in [2.45, 2.75) is 60.3 Å². The van der Waals surface area contributed by atoms with Gasteiger partial charge in [-0.05, 0) is 58.0 Å². The summed E-state index contributed by atoms with van der Waals surface area (Å²) in [7, 11) is 0. The molecule has 0 spiro atoms. The van der Waals surface area contributed by atoms with Gasteiger partial charge in [-0.3, -0.25) is 38.4 Å². The predicted molar refractivity (Wildman–Crippen MR) is 204 cm³/mol. The monoisotopic (exact) mass is 768 g/mol. The van der Waals surface area contributed by atoms with Crippen LogP contribution in [0.25, 0.3) is 21.4 Å². The minimum Gasteiger partial charge on any atom is -0.491 e. The number of nitrogens with zero attached hydrogens (tertiary/aromatic N) is 9. The smallest absolute Gasteiger partial charge is 0.297 e. The third kappa shape index (κ3) is 8.06. The minimum absolute atomic E-state index is 0.101. The Morgan fingerprint density at radius 1 is 0.909 bits per heavy atom.